The van der Waals surface area contributed by atoms with Crippen LogP contribution in [-0.4, -0.2) is 45.5 Å². The van der Waals surface area contributed by atoms with E-state index in [1.165, 1.54) is 25.0 Å². The number of hydrogen-bond acceptors (Lipinski definition) is 8. The van der Waals surface area contributed by atoms with Crippen molar-refractivity contribution in [3.8, 4) is 0 Å². The van der Waals surface area contributed by atoms with Crippen LogP contribution in [0.3, 0.4) is 0 Å². The molecule has 1 aliphatic carbocycles. The van der Waals surface area contributed by atoms with Crippen LogP contribution in [0.2, 0.25) is 0 Å². The molecule has 3 aromatic rings. The zero-order chi connectivity index (χ0) is 23.5. The second kappa shape index (κ2) is 9.58. The van der Waals surface area contributed by atoms with Gasteiger partial charge in [0.1, 0.15) is 23.3 Å². The van der Waals surface area contributed by atoms with Gasteiger partial charge in [-0.15, -0.1) is 0 Å². The Bertz CT molecular complexity index is 1130. The maximum atomic E-state index is 13.3. The lowest BCUT2D eigenvalue weighted by Crippen LogP contribution is -2.54. The Morgan fingerprint density at radius 3 is 2.65 bits per heavy atom. The predicted octanol–water partition coefficient (Wildman–Crippen LogP) is 3.28. The molecular formula is C24H27FN8O. The lowest BCUT2D eigenvalue weighted by Gasteiger charge is -2.39. The van der Waals surface area contributed by atoms with Crippen LogP contribution < -0.4 is 20.9 Å². The molecule has 1 aliphatic heterocycles. The molecule has 0 bridgehead atoms. The number of rotatable bonds is 9. The smallest absolute Gasteiger partial charge is 0.227 e. The number of amides is 1. The molecule has 0 radical (unpaired) electrons. The SMILES string of the molecule is C[C@H](Nc1nc(Nc2cnccn2)cc(N2CC(C(=O)NCC3CC3)C2)n1)c1ccc(F)cc1. The summed E-state index contributed by atoms with van der Waals surface area (Å²) in [4.78, 5) is 32.0. The maximum absolute atomic E-state index is 13.3. The standard InChI is InChI=1S/C24H27FN8O/c1-15(17-4-6-19(25)7-5-17)29-24-31-20(30-21-12-26-8-9-27-21)10-22(32-24)33-13-18(14-33)23(34)28-11-16-2-3-16/h4-10,12,15-16,18H,2-3,11,13-14H2,1H3,(H,28,34)(H2,27,29,30,31,32)/t15-/m0/s1. The van der Waals surface area contributed by atoms with Gasteiger partial charge in [-0.3, -0.25) is 9.78 Å². The number of hydrogen-bond donors (Lipinski definition) is 3. The van der Waals surface area contributed by atoms with Crippen LogP contribution in [0.4, 0.5) is 27.8 Å². The van der Waals surface area contributed by atoms with E-state index in [9.17, 15) is 9.18 Å². The molecule has 2 aromatic heterocycles. The maximum Gasteiger partial charge on any atom is 0.227 e. The number of aromatic nitrogens is 4. The molecule has 1 atom stereocenters. The number of halogens is 1. The largest absolute Gasteiger partial charge is 0.355 e. The molecule has 1 aromatic carbocycles. The predicted molar refractivity (Wildman–Crippen MR) is 127 cm³/mol. The van der Waals surface area contributed by atoms with Crippen LogP contribution in [0.1, 0.15) is 31.4 Å². The molecule has 1 saturated heterocycles. The molecule has 3 N–H and O–H groups in total. The molecule has 2 aliphatic rings. The van der Waals surface area contributed by atoms with Gasteiger partial charge in [-0.05, 0) is 43.4 Å². The Kier molecular flexibility index (Phi) is 6.20. The summed E-state index contributed by atoms with van der Waals surface area (Å²) in [6.45, 7) is 3.95. The normalized spacial score (nSPS) is 16.5. The summed E-state index contributed by atoms with van der Waals surface area (Å²) in [6, 6.07) is 8.02. The van der Waals surface area contributed by atoms with Crippen molar-refractivity contribution >= 4 is 29.3 Å². The summed E-state index contributed by atoms with van der Waals surface area (Å²) >= 11 is 0. The van der Waals surface area contributed by atoms with Gasteiger partial charge in [-0.2, -0.15) is 9.97 Å². The minimum absolute atomic E-state index is 0.0420. The molecule has 10 heteroatoms. The van der Waals surface area contributed by atoms with Crippen LogP contribution >= 0.6 is 0 Å². The van der Waals surface area contributed by atoms with E-state index in [4.69, 9.17) is 0 Å². The number of benzene rings is 1. The average Bonchev–Trinajstić information content (AvgIpc) is 3.62. The van der Waals surface area contributed by atoms with Crippen molar-refractivity contribution in [2.45, 2.75) is 25.8 Å². The quantitative estimate of drug-likeness (QED) is 0.445. The molecule has 1 amide bonds. The van der Waals surface area contributed by atoms with Gasteiger partial charge in [0.15, 0.2) is 0 Å². The Morgan fingerprint density at radius 2 is 1.94 bits per heavy atom. The van der Waals surface area contributed by atoms with Crippen molar-refractivity contribution in [2.75, 3.05) is 35.2 Å². The van der Waals surface area contributed by atoms with Gasteiger partial charge in [0.25, 0.3) is 0 Å². The molecule has 5 rings (SSSR count). The topological polar surface area (TPSA) is 108 Å². The van der Waals surface area contributed by atoms with E-state index < -0.39 is 0 Å². The molecule has 2 fully saturated rings. The number of carbonyl (C=O) groups excluding carboxylic acids is 1. The second-order valence-corrected chi connectivity index (χ2v) is 8.86. The van der Waals surface area contributed by atoms with Crippen molar-refractivity contribution in [2.24, 2.45) is 11.8 Å². The monoisotopic (exact) mass is 462 g/mol. The fraction of sp³-hybridized carbons (Fsp3) is 0.375. The van der Waals surface area contributed by atoms with Crippen LogP contribution in [-0.2, 0) is 4.79 Å². The molecule has 34 heavy (non-hydrogen) atoms. The molecule has 1 saturated carbocycles. The fourth-order valence-corrected chi connectivity index (χ4v) is 3.79. The van der Waals surface area contributed by atoms with Gasteiger partial charge >= 0.3 is 0 Å². The average molecular weight is 463 g/mol. The number of anilines is 4. The Morgan fingerprint density at radius 1 is 1.15 bits per heavy atom. The third-order valence-electron chi connectivity index (χ3n) is 6.09. The molecular weight excluding hydrogens is 435 g/mol. The zero-order valence-electron chi connectivity index (χ0n) is 18.9. The summed E-state index contributed by atoms with van der Waals surface area (Å²) in [7, 11) is 0. The highest BCUT2D eigenvalue weighted by molar-refractivity contribution is 5.82. The van der Waals surface area contributed by atoms with Crippen LogP contribution in [0, 0.1) is 17.7 Å². The summed E-state index contributed by atoms with van der Waals surface area (Å²) in [5.74, 6) is 2.69. The number of carbonyl (C=O) groups is 1. The molecule has 176 valence electrons. The summed E-state index contributed by atoms with van der Waals surface area (Å²) in [5.41, 5.74) is 0.912. The Labute approximate surface area is 197 Å². The highest BCUT2D eigenvalue weighted by Gasteiger charge is 2.34. The van der Waals surface area contributed by atoms with Crippen molar-refractivity contribution in [1.29, 1.82) is 0 Å². The summed E-state index contributed by atoms with van der Waals surface area (Å²) < 4.78 is 13.3. The van der Waals surface area contributed by atoms with Crippen LogP contribution in [0.15, 0.2) is 48.9 Å². The summed E-state index contributed by atoms with van der Waals surface area (Å²) in [5, 5.41) is 9.51. The van der Waals surface area contributed by atoms with Gasteiger partial charge < -0.3 is 20.9 Å². The first-order chi connectivity index (χ1) is 16.5. The van der Waals surface area contributed by atoms with E-state index in [1.807, 2.05) is 13.0 Å². The third kappa shape index (κ3) is 5.38. The van der Waals surface area contributed by atoms with Crippen LogP contribution in [0.25, 0.3) is 0 Å². The van der Waals surface area contributed by atoms with E-state index in [-0.39, 0.29) is 23.7 Å². The first kappa shape index (κ1) is 22.0. The van der Waals surface area contributed by atoms with E-state index in [2.05, 4.69) is 40.8 Å². The van der Waals surface area contributed by atoms with Crippen LogP contribution in [0.5, 0.6) is 0 Å². The van der Waals surface area contributed by atoms with Crippen molar-refractivity contribution in [3.05, 3.63) is 60.3 Å². The van der Waals surface area contributed by atoms with Gasteiger partial charge in [0.2, 0.25) is 11.9 Å². The lowest BCUT2D eigenvalue weighted by molar-refractivity contribution is -0.125. The Hall–Kier alpha value is -3.82. The molecule has 0 unspecified atom stereocenters. The second-order valence-electron chi connectivity index (χ2n) is 8.86. The molecule has 9 nitrogen and oxygen atoms in total. The van der Waals surface area contributed by atoms with Crippen molar-refractivity contribution < 1.29 is 9.18 Å². The highest BCUT2D eigenvalue weighted by Crippen LogP contribution is 2.30. The van der Waals surface area contributed by atoms with Gasteiger partial charge in [0.05, 0.1) is 18.2 Å². The fourth-order valence-electron chi connectivity index (χ4n) is 3.79. The van der Waals surface area contributed by atoms with E-state index in [0.29, 0.717) is 42.4 Å². The third-order valence-corrected chi connectivity index (χ3v) is 6.09. The Balaban J connectivity index is 1.31. The first-order valence-corrected chi connectivity index (χ1v) is 11.5. The minimum Gasteiger partial charge on any atom is -0.355 e. The van der Waals surface area contributed by atoms with E-state index in [1.54, 1.807) is 30.7 Å². The van der Waals surface area contributed by atoms with E-state index in [0.717, 1.165) is 12.1 Å². The minimum atomic E-state index is -0.279. The molecule has 3 heterocycles. The van der Waals surface area contributed by atoms with Gasteiger partial charge in [-0.25, -0.2) is 9.37 Å². The molecule has 0 spiro atoms. The summed E-state index contributed by atoms with van der Waals surface area (Å²) in [6.07, 6.45) is 7.24. The number of nitrogens with one attached hydrogen (secondary N) is 3. The number of nitrogens with zero attached hydrogens (tertiary/aromatic N) is 5. The van der Waals surface area contributed by atoms with Gasteiger partial charge in [0, 0.05) is 38.1 Å². The van der Waals surface area contributed by atoms with Crippen molar-refractivity contribution in [1.82, 2.24) is 25.3 Å². The highest BCUT2D eigenvalue weighted by atomic mass is 19.1. The lowest BCUT2D eigenvalue weighted by atomic mass is 9.99. The van der Waals surface area contributed by atoms with Gasteiger partial charge in [-0.1, -0.05) is 12.1 Å². The van der Waals surface area contributed by atoms with E-state index >= 15 is 0 Å². The first-order valence-electron chi connectivity index (χ1n) is 11.5. The van der Waals surface area contributed by atoms with Crippen molar-refractivity contribution in [3.63, 3.8) is 0 Å². The zero-order valence-corrected chi connectivity index (χ0v) is 18.9.